The van der Waals surface area contributed by atoms with Crippen LogP contribution in [-0.4, -0.2) is 29.9 Å². The van der Waals surface area contributed by atoms with Gasteiger partial charge < -0.3 is 15.5 Å². The first-order valence-electron chi connectivity index (χ1n) is 12.7. The number of hydrogen-bond acceptors (Lipinski definition) is 4. The van der Waals surface area contributed by atoms with Crippen molar-refractivity contribution in [2.75, 3.05) is 22.1 Å². The van der Waals surface area contributed by atoms with Gasteiger partial charge in [0, 0.05) is 41.2 Å². The predicted molar refractivity (Wildman–Crippen MR) is 143 cm³/mol. The van der Waals surface area contributed by atoms with Crippen LogP contribution in [0.4, 0.5) is 26.4 Å². The number of carbonyl (C=O) groups excluding carboxylic acids is 2. The van der Waals surface area contributed by atoms with E-state index in [0.29, 0.717) is 46.3 Å². The number of amides is 2. The molecule has 0 bridgehead atoms. The summed E-state index contributed by atoms with van der Waals surface area (Å²) in [5.41, 5.74) is 3.49. The molecule has 0 aliphatic heterocycles. The summed E-state index contributed by atoms with van der Waals surface area (Å²) in [6.45, 7) is 4.93. The zero-order valence-corrected chi connectivity index (χ0v) is 20.9. The lowest BCUT2D eigenvalue weighted by Crippen LogP contribution is -2.38. The fourth-order valence-corrected chi connectivity index (χ4v) is 4.77. The molecule has 0 spiro atoms. The highest BCUT2D eigenvalue weighted by Crippen LogP contribution is 2.32. The van der Waals surface area contributed by atoms with Gasteiger partial charge in [0.15, 0.2) is 6.29 Å². The Morgan fingerprint density at radius 3 is 2.44 bits per heavy atom. The van der Waals surface area contributed by atoms with Crippen molar-refractivity contribution in [1.82, 2.24) is 4.98 Å². The molecule has 6 nitrogen and oxygen atoms in total. The molecule has 4 rings (SSSR count). The van der Waals surface area contributed by atoms with Crippen LogP contribution in [0.25, 0.3) is 11.3 Å². The fraction of sp³-hybridized carbons (Fsp3) is 0.345. The highest BCUT2D eigenvalue weighted by atomic mass is 19.1. The lowest BCUT2D eigenvalue weighted by Gasteiger charge is -2.35. The van der Waals surface area contributed by atoms with E-state index in [0.717, 1.165) is 31.4 Å². The predicted octanol–water partition coefficient (Wildman–Crippen LogP) is 7.20. The smallest absolute Gasteiger partial charge is 0.323 e. The normalized spacial score (nSPS) is 13.8. The molecule has 1 saturated carbocycles. The van der Waals surface area contributed by atoms with Gasteiger partial charge in [0.2, 0.25) is 0 Å². The van der Waals surface area contributed by atoms with E-state index in [1.165, 1.54) is 37.5 Å². The van der Waals surface area contributed by atoms with Gasteiger partial charge in [0.25, 0.3) is 0 Å². The van der Waals surface area contributed by atoms with Crippen molar-refractivity contribution < 1.29 is 14.0 Å². The van der Waals surface area contributed by atoms with E-state index < -0.39 is 11.8 Å². The number of rotatable bonds is 8. The lowest BCUT2D eigenvalue weighted by molar-refractivity contribution is 0.112. The third-order valence-electron chi connectivity index (χ3n) is 6.57. The van der Waals surface area contributed by atoms with Crippen LogP contribution < -0.4 is 15.5 Å². The summed E-state index contributed by atoms with van der Waals surface area (Å²) in [4.78, 5) is 31.7. The number of anilines is 3. The van der Waals surface area contributed by atoms with Crippen molar-refractivity contribution in [3.63, 3.8) is 0 Å². The van der Waals surface area contributed by atoms with Gasteiger partial charge in [0.1, 0.15) is 11.6 Å². The SMILES string of the molecule is CCCN(c1cc(NC(=O)Nc2ccc(C)cc2)cc(-c2cc(F)ccc2C=O)n1)C1CCCCC1. The monoisotopic (exact) mass is 488 g/mol. The minimum Gasteiger partial charge on any atom is -0.354 e. The molecular weight excluding hydrogens is 455 g/mol. The van der Waals surface area contributed by atoms with Crippen molar-refractivity contribution in [2.24, 2.45) is 0 Å². The average molecular weight is 489 g/mol. The first kappa shape index (κ1) is 25.4. The van der Waals surface area contributed by atoms with Gasteiger partial charge >= 0.3 is 6.03 Å². The largest absolute Gasteiger partial charge is 0.354 e. The third kappa shape index (κ3) is 6.27. The van der Waals surface area contributed by atoms with Crippen molar-refractivity contribution in [1.29, 1.82) is 0 Å². The minimum atomic E-state index is -0.452. The van der Waals surface area contributed by atoms with Crippen LogP contribution in [0.15, 0.2) is 54.6 Å². The first-order chi connectivity index (χ1) is 17.5. The zero-order chi connectivity index (χ0) is 25.5. The van der Waals surface area contributed by atoms with Gasteiger partial charge in [-0.1, -0.05) is 43.9 Å². The number of carbonyl (C=O) groups is 2. The van der Waals surface area contributed by atoms with E-state index >= 15 is 0 Å². The fourth-order valence-electron chi connectivity index (χ4n) is 4.77. The van der Waals surface area contributed by atoms with Crippen LogP contribution in [0.3, 0.4) is 0 Å². The highest BCUT2D eigenvalue weighted by Gasteiger charge is 2.23. The molecule has 3 aromatic rings. The number of aryl methyl sites for hydroxylation is 1. The summed E-state index contributed by atoms with van der Waals surface area (Å²) in [5, 5.41) is 5.75. The van der Waals surface area contributed by atoms with Crippen LogP contribution in [0.5, 0.6) is 0 Å². The molecule has 1 aliphatic rings. The maximum atomic E-state index is 14.2. The van der Waals surface area contributed by atoms with Crippen molar-refractivity contribution in [3.05, 3.63) is 71.5 Å². The second kappa shape index (κ2) is 11.8. The summed E-state index contributed by atoms with van der Waals surface area (Å²) >= 11 is 0. The summed E-state index contributed by atoms with van der Waals surface area (Å²) in [6, 6.07) is 15.1. The van der Waals surface area contributed by atoms with Crippen LogP contribution in [0.1, 0.15) is 61.4 Å². The first-order valence-corrected chi connectivity index (χ1v) is 12.7. The maximum Gasteiger partial charge on any atom is 0.323 e. The van der Waals surface area contributed by atoms with Gasteiger partial charge in [-0.25, -0.2) is 14.2 Å². The Hall–Kier alpha value is -3.74. The zero-order valence-electron chi connectivity index (χ0n) is 20.9. The molecule has 1 aromatic heterocycles. The lowest BCUT2D eigenvalue weighted by atomic mass is 9.94. The van der Waals surface area contributed by atoms with Crippen molar-refractivity contribution in [2.45, 2.75) is 58.4 Å². The summed E-state index contributed by atoms with van der Waals surface area (Å²) in [7, 11) is 0. The summed E-state index contributed by atoms with van der Waals surface area (Å²) in [5.74, 6) is 0.264. The second-order valence-corrected chi connectivity index (χ2v) is 9.38. The number of nitrogens with zero attached hydrogens (tertiary/aromatic N) is 2. The molecule has 0 saturated heterocycles. The van der Waals surface area contributed by atoms with E-state index in [-0.39, 0.29) is 0 Å². The Kier molecular flexibility index (Phi) is 8.31. The number of pyridine rings is 1. The molecule has 7 heteroatoms. The molecular formula is C29H33FN4O2. The highest BCUT2D eigenvalue weighted by molar-refractivity contribution is 6.00. The van der Waals surface area contributed by atoms with E-state index in [2.05, 4.69) is 22.5 Å². The van der Waals surface area contributed by atoms with Crippen LogP contribution in [0, 0.1) is 12.7 Å². The number of halogens is 1. The number of hydrogen-bond donors (Lipinski definition) is 2. The summed E-state index contributed by atoms with van der Waals surface area (Å²) < 4.78 is 14.2. The van der Waals surface area contributed by atoms with Crippen molar-refractivity contribution in [3.8, 4) is 11.3 Å². The molecule has 188 valence electrons. The Morgan fingerprint density at radius 1 is 1.03 bits per heavy atom. The van der Waals surface area contributed by atoms with Gasteiger partial charge in [0.05, 0.1) is 5.69 Å². The van der Waals surface area contributed by atoms with Gasteiger partial charge in [-0.15, -0.1) is 0 Å². The third-order valence-corrected chi connectivity index (χ3v) is 6.57. The minimum absolute atomic E-state index is 0.343. The van der Waals surface area contributed by atoms with Gasteiger partial charge in [-0.2, -0.15) is 0 Å². The number of benzene rings is 2. The Bertz CT molecular complexity index is 1210. The maximum absolute atomic E-state index is 14.2. The molecule has 0 unspecified atom stereocenters. The molecule has 0 atom stereocenters. The number of aldehydes is 1. The quantitative estimate of drug-likeness (QED) is 0.329. The van der Waals surface area contributed by atoms with E-state index in [9.17, 15) is 14.0 Å². The van der Waals surface area contributed by atoms with Crippen molar-refractivity contribution >= 4 is 29.5 Å². The molecule has 36 heavy (non-hydrogen) atoms. The molecule has 2 N–H and O–H groups in total. The second-order valence-electron chi connectivity index (χ2n) is 9.38. The Balaban J connectivity index is 1.72. The van der Waals surface area contributed by atoms with Gasteiger partial charge in [-0.3, -0.25) is 4.79 Å². The number of nitrogens with one attached hydrogen (secondary N) is 2. The molecule has 1 aliphatic carbocycles. The molecule has 0 radical (unpaired) electrons. The topological polar surface area (TPSA) is 74.3 Å². The Labute approximate surface area is 211 Å². The number of urea groups is 1. The number of aromatic nitrogens is 1. The molecule has 1 fully saturated rings. The standard InChI is InChI=1S/C29H33FN4O2/c1-3-15-34(25-7-5-4-6-8-25)28-18-24(32-29(36)31-23-13-9-20(2)10-14-23)17-27(33-28)26-16-22(30)12-11-21(26)19-35/h9-14,16-19,25H,3-8,15H2,1-2H3,(H2,31,32,33,36). The molecule has 1 heterocycles. The molecule has 2 aromatic carbocycles. The van der Waals surface area contributed by atoms with Crippen LogP contribution in [-0.2, 0) is 0 Å². The van der Waals surface area contributed by atoms with E-state index in [1.54, 1.807) is 6.07 Å². The van der Waals surface area contributed by atoms with E-state index in [1.807, 2.05) is 37.3 Å². The molecule has 2 amide bonds. The van der Waals surface area contributed by atoms with E-state index in [4.69, 9.17) is 4.98 Å². The van der Waals surface area contributed by atoms with Gasteiger partial charge in [-0.05, 0) is 62.6 Å². The Morgan fingerprint density at radius 2 is 1.75 bits per heavy atom. The van der Waals surface area contributed by atoms with Crippen LogP contribution >= 0.6 is 0 Å². The average Bonchev–Trinajstić information content (AvgIpc) is 2.89. The van der Waals surface area contributed by atoms with Crippen LogP contribution in [0.2, 0.25) is 0 Å². The summed E-state index contributed by atoms with van der Waals surface area (Å²) in [6.07, 6.45) is 7.40.